The van der Waals surface area contributed by atoms with Gasteiger partial charge in [-0.3, -0.25) is 4.79 Å². The number of hydrogen-bond donors (Lipinski definition) is 2. The Labute approximate surface area is 102 Å². The van der Waals surface area contributed by atoms with Crippen molar-refractivity contribution in [3.8, 4) is 0 Å². The van der Waals surface area contributed by atoms with Crippen LogP contribution in [0.4, 0.5) is 0 Å². The average molecular weight is 246 g/mol. The normalized spacial score (nSPS) is 24.6. The number of nitrogens with two attached hydrogens (primary N) is 1. The second kappa shape index (κ2) is 7.60. The highest BCUT2D eigenvalue weighted by Crippen LogP contribution is 2.22. The minimum Gasteiger partial charge on any atom is -0.383 e. The molecule has 1 unspecified atom stereocenters. The summed E-state index contributed by atoms with van der Waals surface area (Å²) in [5, 5.41) is 2.69. The summed E-state index contributed by atoms with van der Waals surface area (Å²) in [6.45, 7) is 2.59. The second-order valence-corrected chi connectivity index (χ2v) is 4.17. The van der Waals surface area contributed by atoms with Crippen LogP contribution in [0.15, 0.2) is 0 Å². The third-order valence-corrected chi connectivity index (χ3v) is 2.80. The molecule has 0 spiro atoms. The van der Waals surface area contributed by atoms with Gasteiger partial charge in [0, 0.05) is 26.8 Å². The van der Waals surface area contributed by atoms with E-state index in [2.05, 4.69) is 5.32 Å². The number of methoxy groups -OCH3 is 1. The standard InChI is InChI=1S/C11H22N2O4/c1-15-6-4-13-10(14)7-17-11(8-12)3-2-5-16-9-11/h2-9,12H2,1H3,(H,13,14). The Hall–Kier alpha value is -0.690. The number of nitrogens with one attached hydrogen (secondary N) is 1. The molecule has 0 saturated carbocycles. The van der Waals surface area contributed by atoms with Gasteiger partial charge >= 0.3 is 0 Å². The fourth-order valence-electron chi connectivity index (χ4n) is 1.72. The predicted octanol–water partition coefficient (Wildman–Crippen LogP) is -0.726. The van der Waals surface area contributed by atoms with Gasteiger partial charge in [0.2, 0.25) is 5.91 Å². The Morgan fingerprint density at radius 1 is 1.59 bits per heavy atom. The van der Waals surface area contributed by atoms with Crippen LogP contribution in [0.25, 0.3) is 0 Å². The summed E-state index contributed by atoms with van der Waals surface area (Å²) in [6, 6.07) is 0. The van der Waals surface area contributed by atoms with Crippen LogP contribution in [0, 0.1) is 0 Å². The first-order valence-electron chi connectivity index (χ1n) is 5.90. The average Bonchev–Trinajstić information content (AvgIpc) is 2.38. The summed E-state index contributed by atoms with van der Waals surface area (Å²) in [6.07, 6.45) is 1.76. The molecule has 0 aromatic carbocycles. The van der Waals surface area contributed by atoms with Crippen molar-refractivity contribution in [3.05, 3.63) is 0 Å². The van der Waals surface area contributed by atoms with E-state index >= 15 is 0 Å². The molecule has 6 nitrogen and oxygen atoms in total. The molecule has 0 bridgehead atoms. The molecule has 1 fully saturated rings. The molecule has 1 saturated heterocycles. The Morgan fingerprint density at radius 2 is 2.41 bits per heavy atom. The number of carbonyl (C=O) groups excluding carboxylic acids is 1. The smallest absolute Gasteiger partial charge is 0.246 e. The molecular weight excluding hydrogens is 224 g/mol. The molecule has 0 aliphatic carbocycles. The van der Waals surface area contributed by atoms with Gasteiger partial charge in [-0.2, -0.15) is 0 Å². The maximum atomic E-state index is 11.4. The summed E-state index contributed by atoms with van der Waals surface area (Å²) in [4.78, 5) is 11.4. The van der Waals surface area contributed by atoms with Crippen molar-refractivity contribution in [1.29, 1.82) is 0 Å². The van der Waals surface area contributed by atoms with Crippen LogP contribution >= 0.6 is 0 Å². The van der Waals surface area contributed by atoms with E-state index in [-0.39, 0.29) is 12.5 Å². The summed E-state index contributed by atoms with van der Waals surface area (Å²) in [7, 11) is 1.59. The zero-order chi connectivity index (χ0) is 12.6. The molecule has 17 heavy (non-hydrogen) atoms. The highest BCUT2D eigenvalue weighted by molar-refractivity contribution is 5.77. The molecule has 6 heteroatoms. The van der Waals surface area contributed by atoms with Gasteiger partial charge in [-0.25, -0.2) is 0 Å². The number of carbonyl (C=O) groups is 1. The maximum absolute atomic E-state index is 11.4. The van der Waals surface area contributed by atoms with E-state index < -0.39 is 5.60 Å². The first-order valence-corrected chi connectivity index (χ1v) is 5.90. The highest BCUT2D eigenvalue weighted by atomic mass is 16.5. The molecule has 1 aliphatic rings. The molecule has 0 aromatic heterocycles. The Morgan fingerprint density at radius 3 is 3.00 bits per heavy atom. The van der Waals surface area contributed by atoms with Crippen LogP contribution in [0.1, 0.15) is 12.8 Å². The quantitative estimate of drug-likeness (QED) is 0.579. The van der Waals surface area contributed by atoms with E-state index in [1.807, 2.05) is 0 Å². The summed E-state index contributed by atoms with van der Waals surface area (Å²) < 4.78 is 15.8. The van der Waals surface area contributed by atoms with Gasteiger partial charge in [0.1, 0.15) is 12.2 Å². The molecule has 3 N–H and O–H groups in total. The van der Waals surface area contributed by atoms with Crippen molar-refractivity contribution >= 4 is 5.91 Å². The van der Waals surface area contributed by atoms with E-state index in [0.717, 1.165) is 19.4 Å². The lowest BCUT2D eigenvalue weighted by atomic mass is 9.97. The molecule has 0 aromatic rings. The lowest BCUT2D eigenvalue weighted by Gasteiger charge is -2.35. The predicted molar refractivity (Wildman–Crippen MR) is 62.7 cm³/mol. The first-order chi connectivity index (χ1) is 8.22. The summed E-state index contributed by atoms with van der Waals surface area (Å²) in [5.74, 6) is -0.152. The second-order valence-electron chi connectivity index (χ2n) is 4.17. The molecule has 1 rings (SSSR count). The van der Waals surface area contributed by atoms with E-state index in [0.29, 0.717) is 26.3 Å². The minimum absolute atomic E-state index is 0.0181. The summed E-state index contributed by atoms with van der Waals surface area (Å²) >= 11 is 0. The highest BCUT2D eigenvalue weighted by Gasteiger charge is 2.33. The monoisotopic (exact) mass is 246 g/mol. The lowest BCUT2D eigenvalue weighted by Crippen LogP contribution is -2.49. The maximum Gasteiger partial charge on any atom is 0.246 e. The molecule has 1 heterocycles. The van der Waals surface area contributed by atoms with Crippen molar-refractivity contribution in [2.24, 2.45) is 5.73 Å². The topological polar surface area (TPSA) is 82.8 Å². The van der Waals surface area contributed by atoms with Crippen molar-refractivity contribution in [2.75, 3.05) is 46.6 Å². The Kier molecular flexibility index (Phi) is 6.43. The SMILES string of the molecule is COCCNC(=O)COC1(CN)CCCOC1. The van der Waals surface area contributed by atoms with Crippen LogP contribution < -0.4 is 11.1 Å². The van der Waals surface area contributed by atoms with Crippen LogP contribution in [0.2, 0.25) is 0 Å². The number of rotatable bonds is 7. The third-order valence-electron chi connectivity index (χ3n) is 2.80. The van der Waals surface area contributed by atoms with Crippen molar-refractivity contribution in [2.45, 2.75) is 18.4 Å². The fraction of sp³-hybridized carbons (Fsp3) is 0.909. The largest absolute Gasteiger partial charge is 0.383 e. The molecule has 1 atom stereocenters. The van der Waals surface area contributed by atoms with Gasteiger partial charge < -0.3 is 25.3 Å². The van der Waals surface area contributed by atoms with E-state index in [1.54, 1.807) is 7.11 Å². The molecule has 100 valence electrons. The van der Waals surface area contributed by atoms with Crippen LogP contribution in [0.3, 0.4) is 0 Å². The zero-order valence-corrected chi connectivity index (χ0v) is 10.4. The van der Waals surface area contributed by atoms with Gasteiger partial charge in [0.15, 0.2) is 0 Å². The number of hydrogen-bond acceptors (Lipinski definition) is 5. The fourth-order valence-corrected chi connectivity index (χ4v) is 1.72. The molecule has 1 amide bonds. The van der Waals surface area contributed by atoms with Crippen LogP contribution in [-0.2, 0) is 19.0 Å². The Bertz CT molecular complexity index is 230. The molecule has 0 radical (unpaired) electrons. The van der Waals surface area contributed by atoms with Gasteiger partial charge in [-0.15, -0.1) is 0 Å². The van der Waals surface area contributed by atoms with Crippen LogP contribution in [-0.4, -0.2) is 58.1 Å². The van der Waals surface area contributed by atoms with Crippen molar-refractivity contribution in [3.63, 3.8) is 0 Å². The van der Waals surface area contributed by atoms with E-state index in [4.69, 9.17) is 19.9 Å². The Balaban J connectivity index is 2.24. The number of ether oxygens (including phenoxy) is 3. The van der Waals surface area contributed by atoms with Crippen molar-refractivity contribution in [1.82, 2.24) is 5.32 Å². The zero-order valence-electron chi connectivity index (χ0n) is 10.4. The van der Waals surface area contributed by atoms with Gasteiger partial charge in [0.25, 0.3) is 0 Å². The first kappa shape index (κ1) is 14.4. The summed E-state index contributed by atoms with van der Waals surface area (Å²) in [5.41, 5.74) is 5.20. The minimum atomic E-state index is -0.489. The molecule has 1 aliphatic heterocycles. The van der Waals surface area contributed by atoms with Gasteiger partial charge in [0.05, 0.1) is 13.2 Å². The van der Waals surface area contributed by atoms with Crippen LogP contribution in [0.5, 0.6) is 0 Å². The third kappa shape index (κ3) is 4.99. The van der Waals surface area contributed by atoms with E-state index in [1.165, 1.54) is 0 Å². The number of amides is 1. The van der Waals surface area contributed by atoms with E-state index in [9.17, 15) is 4.79 Å². The van der Waals surface area contributed by atoms with Crippen molar-refractivity contribution < 1.29 is 19.0 Å². The lowest BCUT2D eigenvalue weighted by molar-refractivity contribution is -0.147. The molecular formula is C11H22N2O4. The van der Waals surface area contributed by atoms with Gasteiger partial charge in [-0.05, 0) is 12.8 Å². The van der Waals surface area contributed by atoms with Gasteiger partial charge in [-0.1, -0.05) is 0 Å².